The molecule has 3 rings (SSSR count). The average molecular weight is 351 g/mol. The van der Waals surface area contributed by atoms with Gasteiger partial charge in [-0.1, -0.05) is 30.3 Å². The molecular formula is C19H17N3O2S. The van der Waals surface area contributed by atoms with Gasteiger partial charge in [-0.25, -0.2) is 4.98 Å². The molecule has 0 spiro atoms. The number of anilines is 2. The number of hydrogen-bond acceptors (Lipinski definition) is 4. The first kappa shape index (κ1) is 16.9. The van der Waals surface area contributed by atoms with E-state index in [1.807, 2.05) is 18.2 Å². The highest BCUT2D eigenvalue weighted by Crippen LogP contribution is 2.22. The first-order valence-corrected chi connectivity index (χ1v) is 8.59. The molecule has 3 aromatic rings. The van der Waals surface area contributed by atoms with Crippen LogP contribution in [0.2, 0.25) is 0 Å². The van der Waals surface area contributed by atoms with E-state index in [1.165, 1.54) is 23.8 Å². The lowest BCUT2D eigenvalue weighted by Gasteiger charge is -2.04. The summed E-state index contributed by atoms with van der Waals surface area (Å²) in [4.78, 5) is 28.6. The largest absolute Gasteiger partial charge is 0.326 e. The van der Waals surface area contributed by atoms with Gasteiger partial charge in [0, 0.05) is 35.7 Å². The summed E-state index contributed by atoms with van der Waals surface area (Å²) in [6.45, 7) is 1.44. The lowest BCUT2D eigenvalue weighted by Crippen LogP contribution is -2.12. The van der Waals surface area contributed by atoms with Crippen molar-refractivity contribution in [3.63, 3.8) is 0 Å². The number of nitrogens with one attached hydrogen (secondary N) is 2. The maximum atomic E-state index is 12.3. The Morgan fingerprint density at radius 1 is 1.00 bits per heavy atom. The molecule has 0 aliphatic heterocycles. The van der Waals surface area contributed by atoms with Crippen LogP contribution in [0.15, 0.2) is 60.8 Å². The molecule has 5 nitrogen and oxygen atoms in total. The summed E-state index contributed by atoms with van der Waals surface area (Å²) in [5.74, 6) is -0.374. The molecule has 0 atom stereocenters. The van der Waals surface area contributed by atoms with Crippen LogP contribution in [0.4, 0.5) is 10.8 Å². The normalized spacial score (nSPS) is 10.3. The van der Waals surface area contributed by atoms with Crippen molar-refractivity contribution in [1.29, 1.82) is 0 Å². The van der Waals surface area contributed by atoms with Crippen molar-refractivity contribution >= 4 is 34.0 Å². The van der Waals surface area contributed by atoms with Crippen LogP contribution >= 0.6 is 11.3 Å². The van der Waals surface area contributed by atoms with Gasteiger partial charge in [-0.3, -0.25) is 14.9 Å². The Kier molecular flexibility index (Phi) is 5.20. The van der Waals surface area contributed by atoms with Gasteiger partial charge in [0.25, 0.3) is 5.91 Å². The first-order valence-electron chi connectivity index (χ1n) is 7.78. The second-order valence-electron chi connectivity index (χ2n) is 5.51. The molecule has 1 aromatic heterocycles. The zero-order valence-corrected chi connectivity index (χ0v) is 14.5. The Morgan fingerprint density at radius 3 is 2.40 bits per heavy atom. The number of thiazole rings is 1. The standard InChI is InChI=1S/C19H17N3O2S/c1-13(23)21-16-9-7-15(8-10-16)18(24)22-19-20-12-17(25-19)11-14-5-3-2-4-6-14/h2-10,12H,11H2,1H3,(H,21,23)(H,20,22,24). The van der Waals surface area contributed by atoms with Crippen molar-refractivity contribution in [2.24, 2.45) is 0 Å². The van der Waals surface area contributed by atoms with Crippen LogP contribution in [0.5, 0.6) is 0 Å². The average Bonchev–Trinajstić information content (AvgIpc) is 3.02. The molecule has 0 radical (unpaired) electrons. The number of carbonyl (C=O) groups excluding carboxylic acids is 2. The van der Waals surface area contributed by atoms with Crippen LogP contribution in [0, 0.1) is 0 Å². The summed E-state index contributed by atoms with van der Waals surface area (Å²) in [5, 5.41) is 6.04. The Hall–Kier alpha value is -2.99. The lowest BCUT2D eigenvalue weighted by atomic mass is 10.1. The Balaban J connectivity index is 1.62. The second kappa shape index (κ2) is 7.72. The molecule has 1 heterocycles. The molecule has 0 aliphatic carbocycles. The van der Waals surface area contributed by atoms with Crippen molar-refractivity contribution in [3.05, 3.63) is 76.8 Å². The predicted octanol–water partition coefficient (Wildman–Crippen LogP) is 3.94. The maximum absolute atomic E-state index is 12.3. The highest BCUT2D eigenvalue weighted by Gasteiger charge is 2.10. The van der Waals surface area contributed by atoms with Crippen LogP contribution in [0.25, 0.3) is 0 Å². The minimum absolute atomic E-state index is 0.147. The first-order chi connectivity index (χ1) is 12.1. The van der Waals surface area contributed by atoms with Crippen molar-refractivity contribution in [2.45, 2.75) is 13.3 Å². The molecule has 0 saturated heterocycles. The van der Waals surface area contributed by atoms with Gasteiger partial charge >= 0.3 is 0 Å². The van der Waals surface area contributed by atoms with E-state index in [0.717, 1.165) is 11.3 Å². The maximum Gasteiger partial charge on any atom is 0.257 e. The molecule has 0 saturated carbocycles. The minimum atomic E-state index is -0.227. The molecule has 0 aliphatic rings. The molecule has 126 valence electrons. The van der Waals surface area contributed by atoms with E-state index in [4.69, 9.17) is 0 Å². The molecule has 2 aromatic carbocycles. The van der Waals surface area contributed by atoms with E-state index in [2.05, 4.69) is 27.8 Å². The summed E-state index contributed by atoms with van der Waals surface area (Å²) < 4.78 is 0. The molecule has 6 heteroatoms. The second-order valence-corrected chi connectivity index (χ2v) is 6.62. The van der Waals surface area contributed by atoms with Gasteiger partial charge in [0.05, 0.1) is 0 Å². The fraction of sp³-hybridized carbons (Fsp3) is 0.105. The van der Waals surface area contributed by atoms with Gasteiger partial charge < -0.3 is 5.32 Å². The van der Waals surface area contributed by atoms with Crippen LogP contribution in [-0.4, -0.2) is 16.8 Å². The number of amides is 2. The minimum Gasteiger partial charge on any atom is -0.326 e. The number of nitrogens with zero attached hydrogens (tertiary/aromatic N) is 1. The van der Waals surface area contributed by atoms with Crippen LogP contribution in [0.1, 0.15) is 27.7 Å². The van der Waals surface area contributed by atoms with Gasteiger partial charge in [-0.05, 0) is 29.8 Å². The molecule has 2 N–H and O–H groups in total. The van der Waals surface area contributed by atoms with Gasteiger partial charge in [-0.15, -0.1) is 11.3 Å². The Labute approximate surface area is 149 Å². The fourth-order valence-electron chi connectivity index (χ4n) is 2.32. The zero-order chi connectivity index (χ0) is 17.6. The van der Waals surface area contributed by atoms with Crippen molar-refractivity contribution in [3.8, 4) is 0 Å². The molecule has 2 amide bonds. The van der Waals surface area contributed by atoms with Crippen LogP contribution < -0.4 is 10.6 Å². The molecular weight excluding hydrogens is 334 g/mol. The molecule has 0 fully saturated rings. The van der Waals surface area contributed by atoms with E-state index >= 15 is 0 Å². The zero-order valence-electron chi connectivity index (χ0n) is 13.7. The smallest absolute Gasteiger partial charge is 0.257 e. The van der Waals surface area contributed by atoms with Gasteiger partial charge in [0.2, 0.25) is 5.91 Å². The molecule has 0 unspecified atom stereocenters. The van der Waals surface area contributed by atoms with Crippen molar-refractivity contribution in [1.82, 2.24) is 4.98 Å². The van der Waals surface area contributed by atoms with Crippen molar-refractivity contribution in [2.75, 3.05) is 10.6 Å². The van der Waals surface area contributed by atoms with E-state index < -0.39 is 0 Å². The molecule has 25 heavy (non-hydrogen) atoms. The highest BCUT2D eigenvalue weighted by molar-refractivity contribution is 7.15. The van der Waals surface area contributed by atoms with Crippen molar-refractivity contribution < 1.29 is 9.59 Å². The van der Waals surface area contributed by atoms with Crippen LogP contribution in [0.3, 0.4) is 0 Å². The number of benzene rings is 2. The fourth-order valence-corrected chi connectivity index (χ4v) is 3.16. The third kappa shape index (κ3) is 4.74. The number of rotatable bonds is 5. The summed E-state index contributed by atoms with van der Waals surface area (Å²) in [6, 6.07) is 16.8. The van der Waals surface area contributed by atoms with E-state index in [-0.39, 0.29) is 11.8 Å². The summed E-state index contributed by atoms with van der Waals surface area (Å²) in [5.41, 5.74) is 2.37. The SMILES string of the molecule is CC(=O)Nc1ccc(C(=O)Nc2ncc(Cc3ccccc3)s2)cc1. The van der Waals surface area contributed by atoms with Gasteiger partial charge in [-0.2, -0.15) is 0 Å². The van der Waals surface area contributed by atoms with E-state index in [1.54, 1.807) is 30.5 Å². The quantitative estimate of drug-likeness (QED) is 0.731. The van der Waals surface area contributed by atoms with E-state index in [0.29, 0.717) is 16.4 Å². The summed E-state index contributed by atoms with van der Waals surface area (Å²) >= 11 is 1.46. The lowest BCUT2D eigenvalue weighted by molar-refractivity contribution is -0.114. The summed E-state index contributed by atoms with van der Waals surface area (Å²) in [6.07, 6.45) is 2.58. The third-order valence-corrected chi connectivity index (χ3v) is 4.38. The molecule has 0 bridgehead atoms. The highest BCUT2D eigenvalue weighted by atomic mass is 32.1. The summed E-state index contributed by atoms with van der Waals surface area (Å²) in [7, 11) is 0. The third-order valence-electron chi connectivity index (χ3n) is 3.46. The number of hydrogen-bond donors (Lipinski definition) is 2. The number of carbonyl (C=O) groups is 2. The Bertz CT molecular complexity index is 873. The van der Waals surface area contributed by atoms with Crippen LogP contribution in [-0.2, 0) is 11.2 Å². The topological polar surface area (TPSA) is 71.1 Å². The van der Waals surface area contributed by atoms with Gasteiger partial charge in [0.1, 0.15) is 0 Å². The monoisotopic (exact) mass is 351 g/mol. The van der Waals surface area contributed by atoms with E-state index in [9.17, 15) is 9.59 Å². The Morgan fingerprint density at radius 2 is 1.72 bits per heavy atom. The van der Waals surface area contributed by atoms with Gasteiger partial charge in [0.15, 0.2) is 5.13 Å². The number of aromatic nitrogens is 1. The predicted molar refractivity (Wildman–Crippen MR) is 100 cm³/mol.